The monoisotopic (exact) mass is 326 g/mol. The predicted octanol–water partition coefficient (Wildman–Crippen LogP) is 5.65. The van der Waals surface area contributed by atoms with Crippen LogP contribution in [-0.2, 0) is 6.42 Å². The summed E-state index contributed by atoms with van der Waals surface area (Å²) in [5.41, 5.74) is 3.94. The Bertz CT molecular complexity index is 556. The van der Waals surface area contributed by atoms with Crippen LogP contribution >= 0.6 is 0 Å². The summed E-state index contributed by atoms with van der Waals surface area (Å²) in [4.78, 5) is 0. The van der Waals surface area contributed by atoms with Crippen molar-refractivity contribution in [1.29, 1.82) is 0 Å². The van der Waals surface area contributed by atoms with Crippen molar-refractivity contribution in [2.75, 3.05) is 13.7 Å². The fourth-order valence-electron chi connectivity index (χ4n) is 2.32. The van der Waals surface area contributed by atoms with Gasteiger partial charge in [0.25, 0.3) is 0 Å². The number of aliphatic hydroxyl groups is 1. The Morgan fingerprint density at radius 2 is 1.54 bits per heavy atom. The maximum atomic E-state index is 8.00. The van der Waals surface area contributed by atoms with Crippen LogP contribution in [0.5, 0.6) is 5.75 Å². The van der Waals surface area contributed by atoms with E-state index in [1.807, 2.05) is 12.1 Å². The fourth-order valence-corrected chi connectivity index (χ4v) is 2.32. The highest BCUT2D eigenvalue weighted by Crippen LogP contribution is 2.23. The van der Waals surface area contributed by atoms with Crippen molar-refractivity contribution in [3.63, 3.8) is 0 Å². The zero-order valence-electron chi connectivity index (χ0n) is 15.0. The molecule has 2 aromatic rings. The standard InChI is InChI=1S/C18H22O.C4H8O/c1-3-4-5-6-15-7-9-16(10-8-15)17-11-13-18(19-2)14-12-17;1-2-3-4-5/h7-14H,3-6H2,1-2H3;2,5H,1,3-4H2. The molecule has 0 spiro atoms. The molecule has 0 bridgehead atoms. The number of ether oxygens (including phenoxy) is 1. The molecule has 0 saturated heterocycles. The molecule has 24 heavy (non-hydrogen) atoms. The summed E-state index contributed by atoms with van der Waals surface area (Å²) in [7, 11) is 1.69. The van der Waals surface area contributed by atoms with Gasteiger partial charge in [-0.2, -0.15) is 0 Å². The minimum atomic E-state index is 0.226. The normalized spacial score (nSPS) is 9.79. The van der Waals surface area contributed by atoms with Crippen LogP contribution in [0.1, 0.15) is 38.2 Å². The van der Waals surface area contributed by atoms with Gasteiger partial charge >= 0.3 is 0 Å². The Balaban J connectivity index is 0.000000505. The molecule has 0 aliphatic carbocycles. The van der Waals surface area contributed by atoms with Gasteiger partial charge in [-0.15, -0.1) is 6.58 Å². The maximum Gasteiger partial charge on any atom is 0.118 e. The highest BCUT2D eigenvalue weighted by molar-refractivity contribution is 5.64. The average Bonchev–Trinajstić information content (AvgIpc) is 2.64. The lowest BCUT2D eigenvalue weighted by atomic mass is 10.0. The van der Waals surface area contributed by atoms with E-state index < -0.39 is 0 Å². The van der Waals surface area contributed by atoms with Crippen LogP contribution in [0.25, 0.3) is 11.1 Å². The fraction of sp³-hybridized carbons (Fsp3) is 0.364. The molecule has 2 rings (SSSR count). The molecule has 0 aliphatic rings. The number of aliphatic hydroxyl groups excluding tert-OH is 1. The van der Waals surface area contributed by atoms with Gasteiger partial charge in [-0.05, 0) is 48.1 Å². The molecule has 0 saturated carbocycles. The molecule has 0 heterocycles. The third kappa shape index (κ3) is 7.47. The van der Waals surface area contributed by atoms with Crippen LogP contribution in [0.4, 0.5) is 0 Å². The summed E-state index contributed by atoms with van der Waals surface area (Å²) >= 11 is 0. The van der Waals surface area contributed by atoms with E-state index in [4.69, 9.17) is 9.84 Å². The first-order chi connectivity index (χ1) is 11.7. The molecule has 2 heteroatoms. The SMILES string of the molecule is C=CCCO.CCCCCc1ccc(-c2ccc(OC)cc2)cc1. The zero-order chi connectivity index (χ0) is 17.6. The third-order valence-corrected chi connectivity index (χ3v) is 3.78. The molecule has 0 unspecified atom stereocenters. The number of benzene rings is 2. The molecule has 0 radical (unpaired) electrons. The lowest BCUT2D eigenvalue weighted by molar-refractivity contribution is 0.303. The lowest BCUT2D eigenvalue weighted by Crippen LogP contribution is -1.86. The van der Waals surface area contributed by atoms with E-state index in [9.17, 15) is 0 Å². The van der Waals surface area contributed by atoms with Gasteiger partial charge in [-0.3, -0.25) is 0 Å². The minimum absolute atomic E-state index is 0.226. The Morgan fingerprint density at radius 3 is 1.96 bits per heavy atom. The highest BCUT2D eigenvalue weighted by Gasteiger charge is 1.99. The Hall–Kier alpha value is -2.06. The first-order valence-corrected chi connectivity index (χ1v) is 8.70. The van der Waals surface area contributed by atoms with Crippen LogP contribution < -0.4 is 4.74 Å². The summed E-state index contributed by atoms with van der Waals surface area (Å²) < 4.78 is 5.18. The Morgan fingerprint density at radius 1 is 0.958 bits per heavy atom. The van der Waals surface area contributed by atoms with Crippen molar-refractivity contribution in [3.05, 3.63) is 66.7 Å². The van der Waals surface area contributed by atoms with E-state index >= 15 is 0 Å². The van der Waals surface area contributed by atoms with E-state index in [1.54, 1.807) is 13.2 Å². The molecule has 130 valence electrons. The second-order valence-corrected chi connectivity index (χ2v) is 5.68. The zero-order valence-corrected chi connectivity index (χ0v) is 15.0. The van der Waals surface area contributed by atoms with Crippen LogP contribution in [0.2, 0.25) is 0 Å². The predicted molar refractivity (Wildman–Crippen MR) is 104 cm³/mol. The van der Waals surface area contributed by atoms with Crippen molar-refractivity contribution in [3.8, 4) is 16.9 Å². The summed E-state index contributed by atoms with van der Waals surface area (Å²) in [6.07, 6.45) is 7.47. The van der Waals surface area contributed by atoms with E-state index in [-0.39, 0.29) is 6.61 Å². The smallest absolute Gasteiger partial charge is 0.118 e. The molecule has 0 fully saturated rings. The number of rotatable bonds is 8. The van der Waals surface area contributed by atoms with Crippen LogP contribution in [0.3, 0.4) is 0 Å². The molecule has 1 N–H and O–H groups in total. The molecule has 2 nitrogen and oxygen atoms in total. The van der Waals surface area contributed by atoms with E-state index in [1.165, 1.54) is 42.4 Å². The van der Waals surface area contributed by atoms with Crippen LogP contribution in [0.15, 0.2) is 61.2 Å². The number of unbranched alkanes of at least 4 members (excludes halogenated alkanes) is 2. The van der Waals surface area contributed by atoms with Gasteiger partial charge < -0.3 is 9.84 Å². The summed E-state index contributed by atoms with van der Waals surface area (Å²) in [5, 5.41) is 8.00. The Kier molecular flexibility index (Phi) is 10.3. The maximum absolute atomic E-state index is 8.00. The van der Waals surface area contributed by atoms with E-state index in [0.717, 1.165) is 5.75 Å². The van der Waals surface area contributed by atoms with Gasteiger partial charge in [0.05, 0.1) is 7.11 Å². The summed E-state index contributed by atoms with van der Waals surface area (Å²) in [6.45, 7) is 5.86. The van der Waals surface area contributed by atoms with Gasteiger partial charge in [0.2, 0.25) is 0 Å². The van der Waals surface area contributed by atoms with Crippen molar-refractivity contribution < 1.29 is 9.84 Å². The molecule has 0 atom stereocenters. The van der Waals surface area contributed by atoms with Gasteiger partial charge in [0, 0.05) is 6.61 Å². The topological polar surface area (TPSA) is 29.5 Å². The molecular weight excluding hydrogens is 296 g/mol. The van der Waals surface area contributed by atoms with Crippen molar-refractivity contribution in [2.45, 2.75) is 39.0 Å². The lowest BCUT2D eigenvalue weighted by Gasteiger charge is -2.06. The first kappa shape index (κ1) is 20.0. The van der Waals surface area contributed by atoms with Crippen molar-refractivity contribution >= 4 is 0 Å². The van der Waals surface area contributed by atoms with Crippen molar-refractivity contribution in [2.24, 2.45) is 0 Å². The summed E-state index contributed by atoms with van der Waals surface area (Å²) in [6, 6.07) is 17.1. The third-order valence-electron chi connectivity index (χ3n) is 3.78. The molecule has 0 aliphatic heterocycles. The number of methoxy groups -OCH3 is 1. The quantitative estimate of drug-likeness (QED) is 0.502. The molecule has 0 amide bonds. The number of hydrogen-bond acceptors (Lipinski definition) is 2. The van der Waals surface area contributed by atoms with E-state index in [2.05, 4.69) is 49.9 Å². The van der Waals surface area contributed by atoms with E-state index in [0.29, 0.717) is 6.42 Å². The molecule has 2 aromatic carbocycles. The van der Waals surface area contributed by atoms with Gasteiger partial charge in [-0.25, -0.2) is 0 Å². The van der Waals surface area contributed by atoms with Crippen LogP contribution in [0, 0.1) is 0 Å². The number of hydrogen-bond donors (Lipinski definition) is 1. The van der Waals surface area contributed by atoms with Gasteiger partial charge in [-0.1, -0.05) is 62.2 Å². The number of aryl methyl sites for hydroxylation is 1. The van der Waals surface area contributed by atoms with Crippen LogP contribution in [-0.4, -0.2) is 18.8 Å². The molecule has 0 aromatic heterocycles. The second-order valence-electron chi connectivity index (χ2n) is 5.68. The van der Waals surface area contributed by atoms with Crippen molar-refractivity contribution in [1.82, 2.24) is 0 Å². The minimum Gasteiger partial charge on any atom is -0.497 e. The average molecular weight is 326 g/mol. The Labute approximate surface area is 146 Å². The van der Waals surface area contributed by atoms with Gasteiger partial charge in [0.1, 0.15) is 5.75 Å². The highest BCUT2D eigenvalue weighted by atomic mass is 16.5. The summed E-state index contributed by atoms with van der Waals surface area (Å²) in [5.74, 6) is 0.903. The first-order valence-electron chi connectivity index (χ1n) is 8.70. The molecular formula is C22H30O2. The second kappa shape index (κ2) is 12.4. The largest absolute Gasteiger partial charge is 0.497 e. The van der Waals surface area contributed by atoms with Gasteiger partial charge in [0.15, 0.2) is 0 Å².